The van der Waals surface area contributed by atoms with E-state index in [9.17, 15) is 9.59 Å². The van der Waals surface area contributed by atoms with Crippen LogP contribution in [0.1, 0.15) is 51.5 Å². The maximum Gasteiger partial charge on any atom is 0.256 e. The van der Waals surface area contributed by atoms with E-state index in [1.807, 2.05) is 30.3 Å². The topological polar surface area (TPSA) is 61.4 Å². The van der Waals surface area contributed by atoms with E-state index in [2.05, 4.69) is 10.7 Å². The van der Waals surface area contributed by atoms with Crippen molar-refractivity contribution in [3.8, 4) is 0 Å². The van der Waals surface area contributed by atoms with Gasteiger partial charge in [-0.3, -0.25) is 14.6 Å². The molecule has 1 saturated carbocycles. The first-order valence-electron chi connectivity index (χ1n) is 8.93. The summed E-state index contributed by atoms with van der Waals surface area (Å²) in [6, 6.07) is 9.94. The van der Waals surface area contributed by atoms with E-state index in [0.717, 1.165) is 18.4 Å². The Balaban J connectivity index is 1.55. The molecule has 0 unspecified atom stereocenters. The third kappa shape index (κ3) is 3.46. The van der Waals surface area contributed by atoms with Crippen LogP contribution < -0.4 is 10.7 Å². The summed E-state index contributed by atoms with van der Waals surface area (Å²) < 4.78 is 0. The molecule has 1 atom stereocenters. The quantitative estimate of drug-likeness (QED) is 0.870. The van der Waals surface area contributed by atoms with Gasteiger partial charge in [0.15, 0.2) is 0 Å². The largest absolute Gasteiger partial charge is 0.351 e. The van der Waals surface area contributed by atoms with Gasteiger partial charge in [0, 0.05) is 6.04 Å². The van der Waals surface area contributed by atoms with Crippen LogP contribution in [0, 0.1) is 0 Å². The predicted octanol–water partition coefficient (Wildman–Crippen LogP) is 2.17. The molecule has 1 aromatic carbocycles. The second-order valence-corrected chi connectivity index (χ2v) is 7.41. The van der Waals surface area contributed by atoms with Gasteiger partial charge in [-0.05, 0) is 38.7 Å². The Kier molecular flexibility index (Phi) is 4.90. The standard InChI is InChI=1S/C19H27N3O2/c1-19(2,18(24)20-15-11-7-4-8-12-15)22-17(23)16(21-22)13-14-9-5-3-6-10-14/h3,5-6,9-10,15-16,21H,4,7-8,11-13H2,1-2H3,(H,20,24)/t16-/m1/s1. The van der Waals surface area contributed by atoms with Crippen LogP contribution in [0.2, 0.25) is 0 Å². The molecule has 2 amide bonds. The summed E-state index contributed by atoms with van der Waals surface area (Å²) >= 11 is 0. The van der Waals surface area contributed by atoms with Crippen LogP contribution >= 0.6 is 0 Å². The number of carbonyl (C=O) groups is 2. The highest BCUT2D eigenvalue weighted by molar-refractivity contribution is 5.95. The van der Waals surface area contributed by atoms with Crippen LogP contribution in [0.15, 0.2) is 30.3 Å². The van der Waals surface area contributed by atoms with Crippen molar-refractivity contribution >= 4 is 11.8 Å². The first-order chi connectivity index (χ1) is 11.5. The van der Waals surface area contributed by atoms with Gasteiger partial charge in [0.2, 0.25) is 5.91 Å². The fourth-order valence-corrected chi connectivity index (χ4v) is 3.49. The molecular weight excluding hydrogens is 302 g/mol. The molecule has 24 heavy (non-hydrogen) atoms. The number of carbonyl (C=O) groups excluding carboxylic acids is 2. The van der Waals surface area contributed by atoms with Crippen LogP contribution in [0.25, 0.3) is 0 Å². The molecular formula is C19H27N3O2. The minimum Gasteiger partial charge on any atom is -0.351 e. The summed E-state index contributed by atoms with van der Waals surface area (Å²) in [7, 11) is 0. The minimum atomic E-state index is -0.873. The number of hydrogen-bond donors (Lipinski definition) is 2. The molecule has 2 fully saturated rings. The van der Waals surface area contributed by atoms with Crippen molar-refractivity contribution in [1.82, 2.24) is 15.8 Å². The Morgan fingerprint density at radius 2 is 1.88 bits per heavy atom. The van der Waals surface area contributed by atoms with Crippen molar-refractivity contribution in [3.05, 3.63) is 35.9 Å². The predicted molar refractivity (Wildman–Crippen MR) is 93.0 cm³/mol. The number of hydrazine groups is 1. The Hall–Kier alpha value is -1.88. The van der Waals surface area contributed by atoms with Gasteiger partial charge in [-0.1, -0.05) is 49.6 Å². The van der Waals surface area contributed by atoms with Gasteiger partial charge >= 0.3 is 0 Å². The lowest BCUT2D eigenvalue weighted by molar-refractivity contribution is -0.169. The summed E-state index contributed by atoms with van der Waals surface area (Å²) in [5, 5.41) is 4.61. The summed E-state index contributed by atoms with van der Waals surface area (Å²) in [6.45, 7) is 3.60. The highest BCUT2D eigenvalue weighted by Gasteiger charge is 2.48. The molecule has 0 radical (unpaired) electrons. The molecule has 1 aromatic rings. The van der Waals surface area contributed by atoms with Crippen LogP contribution in [-0.2, 0) is 16.0 Å². The first-order valence-corrected chi connectivity index (χ1v) is 8.93. The summed E-state index contributed by atoms with van der Waals surface area (Å²) in [4.78, 5) is 25.1. The SMILES string of the molecule is CC(C)(C(=O)NC1CCCCC1)N1N[C@H](Cc2ccccc2)C1=O. The van der Waals surface area contributed by atoms with Crippen molar-refractivity contribution in [2.24, 2.45) is 0 Å². The molecule has 1 aliphatic carbocycles. The second-order valence-electron chi connectivity index (χ2n) is 7.41. The maximum atomic E-state index is 12.6. The Morgan fingerprint density at radius 3 is 2.50 bits per heavy atom. The molecule has 0 spiro atoms. The zero-order valence-electron chi connectivity index (χ0n) is 14.5. The van der Waals surface area contributed by atoms with Gasteiger partial charge in [0.25, 0.3) is 5.91 Å². The van der Waals surface area contributed by atoms with E-state index in [1.165, 1.54) is 24.3 Å². The van der Waals surface area contributed by atoms with Gasteiger partial charge in [-0.15, -0.1) is 0 Å². The van der Waals surface area contributed by atoms with Crippen LogP contribution in [-0.4, -0.2) is 34.4 Å². The van der Waals surface area contributed by atoms with Gasteiger partial charge in [-0.2, -0.15) is 0 Å². The maximum absolute atomic E-state index is 12.6. The number of amides is 2. The summed E-state index contributed by atoms with van der Waals surface area (Å²) in [5.74, 6) is -0.0870. The smallest absolute Gasteiger partial charge is 0.256 e. The fourth-order valence-electron chi connectivity index (χ4n) is 3.49. The number of nitrogens with one attached hydrogen (secondary N) is 2. The van der Waals surface area contributed by atoms with Gasteiger partial charge in [0.1, 0.15) is 11.6 Å². The summed E-state index contributed by atoms with van der Waals surface area (Å²) in [5.41, 5.74) is 3.40. The zero-order chi connectivity index (χ0) is 17.2. The van der Waals surface area contributed by atoms with Gasteiger partial charge in [0.05, 0.1) is 0 Å². The molecule has 130 valence electrons. The van der Waals surface area contributed by atoms with E-state index in [0.29, 0.717) is 6.42 Å². The van der Waals surface area contributed by atoms with E-state index in [1.54, 1.807) is 13.8 Å². The average molecular weight is 329 g/mol. The molecule has 1 saturated heterocycles. The van der Waals surface area contributed by atoms with Crippen LogP contribution in [0.4, 0.5) is 0 Å². The van der Waals surface area contributed by atoms with E-state index in [-0.39, 0.29) is 23.9 Å². The van der Waals surface area contributed by atoms with Crippen molar-refractivity contribution in [1.29, 1.82) is 0 Å². The average Bonchev–Trinajstić information content (AvgIpc) is 2.59. The minimum absolute atomic E-state index is 0.0114. The molecule has 5 heteroatoms. The highest BCUT2D eigenvalue weighted by atomic mass is 16.2. The molecule has 2 N–H and O–H groups in total. The Labute approximate surface area is 143 Å². The number of nitrogens with zero attached hydrogens (tertiary/aromatic N) is 1. The number of benzene rings is 1. The van der Waals surface area contributed by atoms with Crippen molar-refractivity contribution in [2.75, 3.05) is 0 Å². The summed E-state index contributed by atoms with van der Waals surface area (Å²) in [6.07, 6.45) is 6.33. The lowest BCUT2D eigenvalue weighted by Crippen LogP contribution is -2.76. The fraction of sp³-hybridized carbons (Fsp3) is 0.579. The van der Waals surface area contributed by atoms with E-state index < -0.39 is 5.54 Å². The molecule has 1 aliphatic heterocycles. The first kappa shape index (κ1) is 17.0. The van der Waals surface area contributed by atoms with Crippen molar-refractivity contribution < 1.29 is 9.59 Å². The van der Waals surface area contributed by atoms with Crippen LogP contribution in [0.3, 0.4) is 0 Å². The lowest BCUT2D eigenvalue weighted by atomic mass is 9.93. The zero-order valence-corrected chi connectivity index (χ0v) is 14.5. The van der Waals surface area contributed by atoms with E-state index >= 15 is 0 Å². The third-order valence-electron chi connectivity index (χ3n) is 5.14. The molecule has 0 bridgehead atoms. The van der Waals surface area contributed by atoms with Crippen molar-refractivity contribution in [3.63, 3.8) is 0 Å². The third-order valence-corrected chi connectivity index (χ3v) is 5.14. The number of hydrogen-bond acceptors (Lipinski definition) is 3. The Morgan fingerprint density at radius 1 is 1.21 bits per heavy atom. The monoisotopic (exact) mass is 329 g/mol. The molecule has 3 rings (SSSR count). The van der Waals surface area contributed by atoms with Crippen molar-refractivity contribution in [2.45, 2.75) is 70.0 Å². The molecule has 2 aliphatic rings. The van der Waals surface area contributed by atoms with E-state index in [4.69, 9.17) is 0 Å². The number of rotatable bonds is 5. The normalized spacial score (nSPS) is 22.2. The molecule has 0 aromatic heterocycles. The molecule has 5 nitrogen and oxygen atoms in total. The Bertz CT molecular complexity index is 594. The highest BCUT2D eigenvalue weighted by Crippen LogP contribution is 2.24. The molecule has 1 heterocycles. The second kappa shape index (κ2) is 6.93. The van der Waals surface area contributed by atoms with Gasteiger partial charge in [-0.25, -0.2) is 5.43 Å². The van der Waals surface area contributed by atoms with Crippen LogP contribution in [0.5, 0.6) is 0 Å². The van der Waals surface area contributed by atoms with Gasteiger partial charge < -0.3 is 5.32 Å². The lowest BCUT2D eigenvalue weighted by Gasteiger charge is -2.48.